The number of aliphatic imine (C=N–C) groups is 1. The Bertz CT molecular complexity index is 974. The van der Waals surface area contributed by atoms with E-state index in [1.54, 1.807) is 25.1 Å². The lowest BCUT2D eigenvalue weighted by Gasteiger charge is -2.48. The Labute approximate surface area is 181 Å². The highest BCUT2D eigenvalue weighted by Gasteiger charge is 2.54. The molecule has 0 amide bonds. The predicted octanol–water partition coefficient (Wildman–Crippen LogP) is 1.74. The molecule has 3 unspecified atom stereocenters. The summed E-state index contributed by atoms with van der Waals surface area (Å²) in [6.07, 6.45) is -0.160. The topological polar surface area (TPSA) is 139 Å². The molecule has 0 saturated heterocycles. The van der Waals surface area contributed by atoms with E-state index in [9.17, 15) is 10.4 Å². The van der Waals surface area contributed by atoms with Gasteiger partial charge < -0.3 is 30.8 Å². The minimum absolute atomic E-state index is 0.0422. The van der Waals surface area contributed by atoms with Crippen LogP contribution in [0.1, 0.15) is 24.1 Å². The molecule has 9 heteroatoms. The average molecular weight is 425 g/mol. The number of methoxy groups -OCH3 is 2. The van der Waals surface area contributed by atoms with E-state index in [1.807, 2.05) is 30.3 Å². The van der Waals surface area contributed by atoms with Crippen molar-refractivity contribution >= 4 is 11.6 Å². The van der Waals surface area contributed by atoms with E-state index in [0.29, 0.717) is 17.0 Å². The summed E-state index contributed by atoms with van der Waals surface area (Å²) >= 11 is 0. The summed E-state index contributed by atoms with van der Waals surface area (Å²) in [6.45, 7) is 1.91. The lowest BCUT2D eigenvalue weighted by atomic mass is 9.83. The molecule has 2 aromatic rings. The van der Waals surface area contributed by atoms with Crippen molar-refractivity contribution in [1.29, 1.82) is 5.26 Å². The normalized spacial score (nSPS) is 23.0. The lowest BCUT2D eigenvalue weighted by Crippen LogP contribution is -2.62. The van der Waals surface area contributed by atoms with Crippen molar-refractivity contribution in [3.63, 3.8) is 0 Å². The van der Waals surface area contributed by atoms with E-state index in [4.69, 9.17) is 25.7 Å². The number of guanidine groups is 1. The van der Waals surface area contributed by atoms with Crippen molar-refractivity contribution in [2.24, 2.45) is 10.7 Å². The molecule has 9 nitrogen and oxygen atoms in total. The Morgan fingerprint density at radius 2 is 1.94 bits per heavy atom. The first kappa shape index (κ1) is 22.4. The number of para-hydroxylation sites is 1. The van der Waals surface area contributed by atoms with Gasteiger partial charge in [0, 0.05) is 19.8 Å². The van der Waals surface area contributed by atoms with Gasteiger partial charge in [0.15, 0.2) is 18.1 Å². The molecular formula is C22H27N5O4. The third-order valence-corrected chi connectivity index (χ3v) is 5.40. The number of anilines is 1. The predicted molar refractivity (Wildman–Crippen MR) is 116 cm³/mol. The Morgan fingerprint density at radius 1 is 1.26 bits per heavy atom. The molecule has 2 aromatic carbocycles. The number of rotatable bonds is 6. The van der Waals surface area contributed by atoms with Crippen molar-refractivity contribution in [3.05, 3.63) is 59.7 Å². The summed E-state index contributed by atoms with van der Waals surface area (Å²) in [5, 5.41) is 21.3. The molecule has 1 aliphatic rings. The molecule has 0 radical (unpaired) electrons. The Hall–Kier alpha value is -3.32. The molecule has 1 heterocycles. The van der Waals surface area contributed by atoms with Crippen LogP contribution in [0.4, 0.5) is 5.69 Å². The van der Waals surface area contributed by atoms with Gasteiger partial charge in [0.2, 0.25) is 5.96 Å². The Morgan fingerprint density at radius 3 is 2.55 bits per heavy atom. The third kappa shape index (κ3) is 4.14. The molecule has 0 aliphatic carbocycles. The molecule has 0 bridgehead atoms. The van der Waals surface area contributed by atoms with Gasteiger partial charge in [-0.15, -0.1) is 0 Å². The molecule has 3 rings (SSSR count). The zero-order chi connectivity index (χ0) is 22.6. The smallest absolute Gasteiger partial charge is 0.205 e. The van der Waals surface area contributed by atoms with E-state index >= 15 is 0 Å². The number of aliphatic hydroxyl groups excluding tert-OH is 1. The maximum absolute atomic E-state index is 11.4. The van der Waals surface area contributed by atoms with Crippen molar-refractivity contribution < 1.29 is 19.3 Å². The fraction of sp³-hybridized carbons (Fsp3) is 0.364. The molecular weight excluding hydrogens is 398 g/mol. The van der Waals surface area contributed by atoms with Crippen LogP contribution in [0.5, 0.6) is 5.75 Å². The van der Waals surface area contributed by atoms with Crippen molar-refractivity contribution in [1.82, 2.24) is 4.90 Å². The van der Waals surface area contributed by atoms with Gasteiger partial charge in [-0.1, -0.05) is 42.5 Å². The number of nitrogens with two attached hydrogens (primary N) is 2. The van der Waals surface area contributed by atoms with Crippen LogP contribution >= 0.6 is 0 Å². The highest BCUT2D eigenvalue weighted by Crippen LogP contribution is 2.47. The molecule has 31 heavy (non-hydrogen) atoms. The second-order valence-corrected chi connectivity index (χ2v) is 7.37. The van der Waals surface area contributed by atoms with Crippen LogP contribution in [-0.4, -0.2) is 48.2 Å². The van der Waals surface area contributed by atoms with Crippen LogP contribution in [0.25, 0.3) is 0 Å². The number of hydrogen-bond donors (Lipinski definition) is 3. The van der Waals surface area contributed by atoms with Crippen molar-refractivity contribution in [3.8, 4) is 11.9 Å². The van der Waals surface area contributed by atoms with Gasteiger partial charge >= 0.3 is 0 Å². The van der Waals surface area contributed by atoms with Gasteiger partial charge in [0.1, 0.15) is 17.9 Å². The first-order chi connectivity index (χ1) is 14.9. The van der Waals surface area contributed by atoms with Gasteiger partial charge in [-0.05, 0) is 18.6 Å². The Balaban J connectivity index is 2.05. The van der Waals surface area contributed by atoms with Crippen molar-refractivity contribution in [2.45, 2.75) is 37.5 Å². The van der Waals surface area contributed by atoms with Crippen LogP contribution in [-0.2, 0) is 16.0 Å². The summed E-state index contributed by atoms with van der Waals surface area (Å²) in [5.74, 6) is 0.287. The summed E-state index contributed by atoms with van der Waals surface area (Å²) in [7, 11) is 2.87. The largest absolute Gasteiger partial charge is 0.477 e. The minimum Gasteiger partial charge on any atom is -0.477 e. The van der Waals surface area contributed by atoms with E-state index in [1.165, 1.54) is 14.2 Å². The first-order valence-corrected chi connectivity index (χ1v) is 9.71. The fourth-order valence-electron chi connectivity index (χ4n) is 3.81. The van der Waals surface area contributed by atoms with Gasteiger partial charge in [-0.2, -0.15) is 5.26 Å². The first-order valence-electron chi connectivity index (χ1n) is 9.71. The van der Waals surface area contributed by atoms with E-state index in [0.717, 1.165) is 10.5 Å². The third-order valence-electron chi connectivity index (χ3n) is 5.40. The summed E-state index contributed by atoms with van der Waals surface area (Å²) in [6, 6.07) is 13.7. The van der Waals surface area contributed by atoms with Crippen LogP contribution in [0.3, 0.4) is 0 Å². The molecule has 0 spiro atoms. The molecule has 0 saturated carbocycles. The van der Waals surface area contributed by atoms with Crippen LogP contribution in [0.15, 0.2) is 53.5 Å². The number of nitrogen functional groups attached to an aromatic ring is 1. The van der Waals surface area contributed by atoms with Gasteiger partial charge in [0.05, 0.1) is 12.2 Å². The van der Waals surface area contributed by atoms with Gasteiger partial charge in [-0.3, -0.25) is 0 Å². The molecule has 1 aliphatic heterocycles. The number of aliphatic hydroxyl groups is 1. The fourth-order valence-corrected chi connectivity index (χ4v) is 3.81. The molecule has 0 fully saturated rings. The maximum Gasteiger partial charge on any atom is 0.205 e. The van der Waals surface area contributed by atoms with E-state index < -0.39 is 24.0 Å². The average Bonchev–Trinajstić information content (AvgIpc) is 2.77. The molecule has 3 atom stereocenters. The highest BCUT2D eigenvalue weighted by atomic mass is 16.7. The number of ether oxygens (including phenoxy) is 3. The number of benzene rings is 2. The number of hydrogen-bond acceptors (Lipinski definition) is 7. The number of nitriles is 1. The second-order valence-electron chi connectivity index (χ2n) is 7.37. The SMILES string of the molecule is COC(OC)C1(C)Oc2c(N)cccc2C(N(C#N)C(N)=NCc2ccccc2)C1O. The van der Waals surface area contributed by atoms with Crippen LogP contribution in [0, 0.1) is 11.5 Å². The van der Waals surface area contributed by atoms with E-state index in [2.05, 4.69) is 11.2 Å². The van der Waals surface area contributed by atoms with Crippen molar-refractivity contribution in [2.75, 3.05) is 20.0 Å². The van der Waals surface area contributed by atoms with Gasteiger partial charge in [-0.25, -0.2) is 9.89 Å². The molecule has 164 valence electrons. The Kier molecular flexibility index (Phi) is 6.65. The summed E-state index contributed by atoms with van der Waals surface area (Å²) in [4.78, 5) is 5.52. The van der Waals surface area contributed by atoms with Gasteiger partial charge in [0.25, 0.3) is 0 Å². The van der Waals surface area contributed by atoms with E-state index in [-0.39, 0.29) is 12.5 Å². The zero-order valence-corrected chi connectivity index (χ0v) is 17.7. The minimum atomic E-state index is -1.38. The standard InChI is InChI=1S/C22H27N5O4/c1-22(20(29-2)30-3)19(28)17(15-10-7-11-16(24)18(15)31-22)27(13-23)21(25)26-12-14-8-5-4-6-9-14/h4-11,17,19-20,28H,12,24H2,1-3H3,(H2,25,26). The zero-order valence-electron chi connectivity index (χ0n) is 17.7. The molecule has 0 aromatic heterocycles. The summed E-state index contributed by atoms with van der Waals surface area (Å²) in [5.41, 5.74) is 12.8. The lowest BCUT2D eigenvalue weighted by molar-refractivity contribution is -0.241. The monoisotopic (exact) mass is 425 g/mol. The summed E-state index contributed by atoms with van der Waals surface area (Å²) < 4.78 is 16.9. The highest BCUT2D eigenvalue weighted by molar-refractivity contribution is 5.80. The van der Waals surface area contributed by atoms with Crippen LogP contribution < -0.4 is 16.2 Å². The number of fused-ring (bicyclic) bond motifs is 1. The quantitative estimate of drug-likeness (QED) is 0.159. The van der Waals surface area contributed by atoms with Crippen LogP contribution in [0.2, 0.25) is 0 Å². The maximum atomic E-state index is 11.4. The number of nitrogens with zero attached hydrogens (tertiary/aromatic N) is 3. The molecule has 5 N–H and O–H groups in total. The second kappa shape index (κ2) is 9.22.